The standard InChI is InChI=1S/C6H8.2C3H8/c1-2-4-6-5-3-1;2*1-3-2/h1-4H,5-6H2;2*3H2,1-2H3. The van der Waals surface area contributed by atoms with Crippen molar-refractivity contribution in [1.29, 1.82) is 0 Å². The molecule has 0 heterocycles. The minimum Gasteiger partial charge on any atom is -0.0842 e. The van der Waals surface area contributed by atoms with Gasteiger partial charge < -0.3 is 0 Å². The van der Waals surface area contributed by atoms with Gasteiger partial charge in [-0.1, -0.05) is 64.8 Å². The molecule has 1 aliphatic carbocycles. The summed E-state index contributed by atoms with van der Waals surface area (Å²) in [5.74, 6) is 0. The molecule has 1 aliphatic rings. The Morgan fingerprint density at radius 2 is 1.00 bits per heavy atom. The first-order chi connectivity index (χ1) is 5.83. The van der Waals surface area contributed by atoms with Crippen LogP contribution in [0.1, 0.15) is 53.4 Å². The van der Waals surface area contributed by atoms with Gasteiger partial charge in [-0.2, -0.15) is 0 Å². The number of hydrogen-bond acceptors (Lipinski definition) is 0. The number of rotatable bonds is 0. The van der Waals surface area contributed by atoms with Gasteiger partial charge in [-0.3, -0.25) is 0 Å². The van der Waals surface area contributed by atoms with Gasteiger partial charge in [0.05, 0.1) is 0 Å². The summed E-state index contributed by atoms with van der Waals surface area (Å²) in [4.78, 5) is 0. The Morgan fingerprint density at radius 3 is 1.08 bits per heavy atom. The zero-order valence-corrected chi connectivity index (χ0v) is 9.14. The van der Waals surface area contributed by atoms with Gasteiger partial charge in [0.15, 0.2) is 0 Å². The first-order valence-electron chi connectivity index (χ1n) is 5.14. The van der Waals surface area contributed by atoms with Crippen LogP contribution in [0.2, 0.25) is 0 Å². The molecule has 0 bridgehead atoms. The topological polar surface area (TPSA) is 0 Å². The average Bonchev–Trinajstić information content (AvgIpc) is 2.10. The SMILES string of the molecule is C1=CCCC=C1.CCC.CCC. The van der Waals surface area contributed by atoms with Crippen molar-refractivity contribution in [2.24, 2.45) is 0 Å². The molecule has 0 unspecified atom stereocenters. The van der Waals surface area contributed by atoms with Crippen molar-refractivity contribution >= 4 is 0 Å². The van der Waals surface area contributed by atoms with Gasteiger partial charge in [-0.15, -0.1) is 0 Å². The maximum atomic E-state index is 2.18. The fourth-order valence-corrected chi connectivity index (χ4v) is 0.542. The van der Waals surface area contributed by atoms with E-state index in [1.807, 2.05) is 0 Å². The van der Waals surface area contributed by atoms with Crippen LogP contribution in [0.4, 0.5) is 0 Å². The first-order valence-corrected chi connectivity index (χ1v) is 5.14. The van der Waals surface area contributed by atoms with Crippen LogP contribution in [0.5, 0.6) is 0 Å². The average molecular weight is 168 g/mol. The van der Waals surface area contributed by atoms with E-state index in [0.717, 1.165) is 0 Å². The van der Waals surface area contributed by atoms with E-state index in [-0.39, 0.29) is 0 Å². The highest BCUT2D eigenvalue weighted by molar-refractivity contribution is 5.07. The molecule has 0 atom stereocenters. The van der Waals surface area contributed by atoms with Crippen LogP contribution in [0.15, 0.2) is 24.3 Å². The first kappa shape index (κ1) is 14.0. The lowest BCUT2D eigenvalue weighted by Gasteiger charge is -1.88. The Bertz CT molecular complexity index is 84.6. The molecular formula is C12H24. The highest BCUT2D eigenvalue weighted by atomic mass is 13.8. The van der Waals surface area contributed by atoms with Crippen LogP contribution in [0, 0.1) is 0 Å². The third kappa shape index (κ3) is 22.7. The molecule has 0 aliphatic heterocycles. The van der Waals surface area contributed by atoms with Crippen molar-refractivity contribution in [2.75, 3.05) is 0 Å². The Morgan fingerprint density at radius 1 is 0.750 bits per heavy atom. The van der Waals surface area contributed by atoms with Gasteiger partial charge in [-0.25, -0.2) is 0 Å². The highest BCUT2D eigenvalue weighted by Crippen LogP contribution is 1.98. The van der Waals surface area contributed by atoms with Crippen LogP contribution in [0.3, 0.4) is 0 Å². The summed E-state index contributed by atoms with van der Waals surface area (Å²) < 4.78 is 0. The molecule has 0 aromatic carbocycles. The van der Waals surface area contributed by atoms with Gasteiger partial charge >= 0.3 is 0 Å². The summed E-state index contributed by atoms with van der Waals surface area (Å²) in [5, 5.41) is 0. The molecule has 1 rings (SSSR count). The van der Waals surface area contributed by atoms with E-state index in [9.17, 15) is 0 Å². The molecule has 0 saturated carbocycles. The summed E-state index contributed by atoms with van der Waals surface area (Å²) >= 11 is 0. The van der Waals surface area contributed by atoms with Crippen molar-refractivity contribution in [3.8, 4) is 0 Å². The second-order valence-electron chi connectivity index (χ2n) is 2.85. The van der Waals surface area contributed by atoms with Crippen molar-refractivity contribution in [1.82, 2.24) is 0 Å². The van der Waals surface area contributed by atoms with Crippen LogP contribution >= 0.6 is 0 Å². The van der Waals surface area contributed by atoms with E-state index < -0.39 is 0 Å². The molecule has 0 nitrogen and oxygen atoms in total. The summed E-state index contributed by atoms with van der Waals surface area (Å²) in [7, 11) is 0. The maximum Gasteiger partial charge on any atom is -0.0313 e. The second-order valence-corrected chi connectivity index (χ2v) is 2.85. The van der Waals surface area contributed by atoms with Crippen LogP contribution < -0.4 is 0 Å². The number of allylic oxidation sites excluding steroid dienone is 4. The Hall–Kier alpha value is -0.520. The molecule has 0 amide bonds. The molecule has 0 spiro atoms. The van der Waals surface area contributed by atoms with Crippen molar-refractivity contribution in [2.45, 2.75) is 53.4 Å². The minimum absolute atomic E-state index is 1.23. The van der Waals surface area contributed by atoms with Crippen molar-refractivity contribution in [3.63, 3.8) is 0 Å². The third-order valence-electron chi connectivity index (χ3n) is 0.883. The largest absolute Gasteiger partial charge is 0.0842 e. The Labute approximate surface area is 78.4 Å². The lowest BCUT2D eigenvalue weighted by Crippen LogP contribution is -1.67. The lowest BCUT2D eigenvalue weighted by molar-refractivity contribution is 1.04. The zero-order chi connectivity index (χ0) is 9.66. The molecule has 0 radical (unpaired) electrons. The second kappa shape index (κ2) is 16.8. The molecule has 0 aromatic heterocycles. The van der Waals surface area contributed by atoms with Gasteiger partial charge in [0.2, 0.25) is 0 Å². The molecule has 0 saturated heterocycles. The maximum absolute atomic E-state index is 2.18. The van der Waals surface area contributed by atoms with E-state index in [1.54, 1.807) is 0 Å². The van der Waals surface area contributed by atoms with Gasteiger partial charge in [0.1, 0.15) is 0 Å². The summed E-state index contributed by atoms with van der Waals surface area (Å²) in [6.45, 7) is 8.50. The third-order valence-corrected chi connectivity index (χ3v) is 0.883. The normalized spacial score (nSPS) is 12.3. The molecule has 0 fully saturated rings. The minimum atomic E-state index is 1.23. The molecule has 72 valence electrons. The van der Waals surface area contributed by atoms with Crippen LogP contribution in [0.25, 0.3) is 0 Å². The fraction of sp³-hybridized carbons (Fsp3) is 0.667. The molecule has 12 heavy (non-hydrogen) atoms. The predicted octanol–water partition coefficient (Wildman–Crippen LogP) is 4.73. The molecule has 0 heteroatoms. The summed E-state index contributed by atoms with van der Waals surface area (Å²) in [6, 6.07) is 0. The quantitative estimate of drug-likeness (QED) is 0.490. The fourth-order valence-electron chi connectivity index (χ4n) is 0.542. The predicted molar refractivity (Wildman–Crippen MR) is 59.4 cm³/mol. The van der Waals surface area contributed by atoms with Crippen molar-refractivity contribution < 1.29 is 0 Å². The Kier molecular flexibility index (Phi) is 19.7. The van der Waals surface area contributed by atoms with Gasteiger partial charge in [-0.05, 0) is 12.8 Å². The summed E-state index contributed by atoms with van der Waals surface area (Å²) in [5.41, 5.74) is 0. The monoisotopic (exact) mass is 168 g/mol. The van der Waals surface area contributed by atoms with E-state index in [0.29, 0.717) is 0 Å². The van der Waals surface area contributed by atoms with E-state index in [4.69, 9.17) is 0 Å². The molecular weight excluding hydrogens is 144 g/mol. The summed E-state index contributed by atoms with van der Waals surface area (Å²) in [6.07, 6.45) is 13.5. The van der Waals surface area contributed by atoms with Gasteiger partial charge in [0, 0.05) is 0 Å². The molecule has 0 N–H and O–H groups in total. The van der Waals surface area contributed by atoms with Crippen LogP contribution in [-0.4, -0.2) is 0 Å². The number of hydrogen-bond donors (Lipinski definition) is 0. The van der Waals surface area contributed by atoms with Gasteiger partial charge in [0.25, 0.3) is 0 Å². The van der Waals surface area contributed by atoms with E-state index in [2.05, 4.69) is 52.0 Å². The van der Waals surface area contributed by atoms with E-state index in [1.165, 1.54) is 25.7 Å². The lowest BCUT2D eigenvalue weighted by atomic mass is 10.2. The Balaban J connectivity index is 0. The zero-order valence-electron chi connectivity index (χ0n) is 9.14. The highest BCUT2D eigenvalue weighted by Gasteiger charge is 1.77. The van der Waals surface area contributed by atoms with E-state index >= 15 is 0 Å². The van der Waals surface area contributed by atoms with Crippen molar-refractivity contribution in [3.05, 3.63) is 24.3 Å². The smallest absolute Gasteiger partial charge is 0.0313 e. The van der Waals surface area contributed by atoms with Crippen LogP contribution in [-0.2, 0) is 0 Å². The molecule has 0 aromatic rings.